The molecular weight excluding hydrogens is 300 g/mol. The summed E-state index contributed by atoms with van der Waals surface area (Å²) in [6.45, 7) is 1.52. The molecule has 0 aliphatic heterocycles. The van der Waals surface area contributed by atoms with Crippen LogP contribution < -0.4 is 14.8 Å². The van der Waals surface area contributed by atoms with Gasteiger partial charge in [0.2, 0.25) is 0 Å². The van der Waals surface area contributed by atoms with Gasteiger partial charge in [-0.2, -0.15) is 0 Å². The lowest BCUT2D eigenvalue weighted by Gasteiger charge is -2.15. The van der Waals surface area contributed by atoms with Crippen molar-refractivity contribution in [3.8, 4) is 11.5 Å². The van der Waals surface area contributed by atoms with E-state index in [1.54, 1.807) is 30.3 Å². The molecule has 1 amide bonds. The zero-order valence-electron chi connectivity index (χ0n) is 12.7. The van der Waals surface area contributed by atoms with Gasteiger partial charge in [-0.25, -0.2) is 0 Å². The maximum absolute atomic E-state index is 12.2. The van der Waals surface area contributed by atoms with E-state index in [0.29, 0.717) is 11.4 Å². The van der Waals surface area contributed by atoms with Crippen LogP contribution in [0.5, 0.6) is 11.5 Å². The third-order valence-corrected chi connectivity index (χ3v) is 3.07. The number of carbonyl (C=O) groups is 1. The lowest BCUT2D eigenvalue weighted by molar-refractivity contribution is -0.386. The Balaban J connectivity index is 2.07. The molecule has 0 radical (unpaired) electrons. The average Bonchev–Trinajstić information content (AvgIpc) is 2.55. The summed E-state index contributed by atoms with van der Waals surface area (Å²) >= 11 is 0. The zero-order valence-corrected chi connectivity index (χ0v) is 12.7. The Morgan fingerprint density at radius 2 is 1.96 bits per heavy atom. The molecular formula is C16H16N2O5. The fourth-order valence-corrected chi connectivity index (χ4v) is 1.90. The number of carbonyl (C=O) groups excluding carboxylic acids is 1. The van der Waals surface area contributed by atoms with Gasteiger partial charge in [-0.05, 0) is 25.1 Å². The second kappa shape index (κ2) is 7.26. The maximum Gasteiger partial charge on any atom is 0.310 e. The van der Waals surface area contributed by atoms with E-state index >= 15 is 0 Å². The van der Waals surface area contributed by atoms with Crippen molar-refractivity contribution in [2.24, 2.45) is 0 Å². The number of para-hydroxylation sites is 2. The van der Waals surface area contributed by atoms with Gasteiger partial charge in [0.15, 0.2) is 11.9 Å². The minimum atomic E-state index is -0.901. The largest absolute Gasteiger partial charge is 0.497 e. The highest BCUT2D eigenvalue weighted by Gasteiger charge is 2.20. The summed E-state index contributed by atoms with van der Waals surface area (Å²) < 4.78 is 10.5. The average molecular weight is 316 g/mol. The summed E-state index contributed by atoms with van der Waals surface area (Å²) in [5.41, 5.74) is 0.362. The second-order valence-corrected chi connectivity index (χ2v) is 4.71. The van der Waals surface area contributed by atoms with E-state index in [0.717, 1.165) is 0 Å². The lowest BCUT2D eigenvalue weighted by atomic mass is 10.2. The van der Waals surface area contributed by atoms with E-state index in [2.05, 4.69) is 5.32 Å². The van der Waals surface area contributed by atoms with Crippen LogP contribution in [0.4, 0.5) is 11.4 Å². The van der Waals surface area contributed by atoms with E-state index < -0.39 is 16.9 Å². The van der Waals surface area contributed by atoms with Crippen molar-refractivity contribution in [1.82, 2.24) is 0 Å². The molecule has 0 aliphatic carbocycles. The molecule has 0 aromatic heterocycles. The van der Waals surface area contributed by atoms with Crippen molar-refractivity contribution in [1.29, 1.82) is 0 Å². The van der Waals surface area contributed by atoms with E-state index in [1.165, 1.54) is 32.2 Å². The summed E-state index contributed by atoms with van der Waals surface area (Å²) in [4.78, 5) is 22.5. The predicted octanol–water partition coefficient (Wildman–Crippen LogP) is 3.01. The number of nitrogens with one attached hydrogen (secondary N) is 1. The van der Waals surface area contributed by atoms with Gasteiger partial charge in [0.25, 0.3) is 5.91 Å². The van der Waals surface area contributed by atoms with Gasteiger partial charge in [0.05, 0.1) is 12.0 Å². The number of nitro groups is 1. The Hall–Kier alpha value is -3.09. The lowest BCUT2D eigenvalue weighted by Crippen LogP contribution is -2.30. The van der Waals surface area contributed by atoms with Gasteiger partial charge in [-0.15, -0.1) is 0 Å². The van der Waals surface area contributed by atoms with E-state index in [4.69, 9.17) is 9.47 Å². The summed E-state index contributed by atoms with van der Waals surface area (Å²) in [7, 11) is 1.53. The molecule has 1 unspecified atom stereocenters. The first kappa shape index (κ1) is 16.3. The number of hydrogen-bond acceptors (Lipinski definition) is 5. The molecule has 1 N–H and O–H groups in total. The summed E-state index contributed by atoms with van der Waals surface area (Å²) in [6, 6.07) is 12.8. The number of methoxy groups -OCH3 is 1. The van der Waals surface area contributed by atoms with Crippen LogP contribution in [-0.2, 0) is 4.79 Å². The SMILES string of the molecule is COc1cccc(NC(=O)C(C)Oc2ccccc2[N+](=O)[O-])c1. The number of anilines is 1. The van der Waals surface area contributed by atoms with E-state index in [9.17, 15) is 14.9 Å². The second-order valence-electron chi connectivity index (χ2n) is 4.71. The van der Waals surface area contributed by atoms with Gasteiger partial charge >= 0.3 is 5.69 Å². The third-order valence-electron chi connectivity index (χ3n) is 3.07. The van der Waals surface area contributed by atoms with Crippen molar-refractivity contribution < 1.29 is 19.2 Å². The van der Waals surface area contributed by atoms with Crippen molar-refractivity contribution >= 4 is 17.3 Å². The number of ether oxygens (including phenoxy) is 2. The summed E-state index contributed by atoms with van der Waals surface area (Å²) in [5.74, 6) is 0.234. The number of nitrogens with zero attached hydrogens (tertiary/aromatic N) is 1. The molecule has 0 aliphatic rings. The molecule has 0 fully saturated rings. The van der Waals surface area contributed by atoms with Crippen LogP contribution in [0.25, 0.3) is 0 Å². The van der Waals surface area contributed by atoms with Crippen molar-refractivity contribution in [3.05, 3.63) is 58.6 Å². The molecule has 7 nitrogen and oxygen atoms in total. The summed E-state index contributed by atoms with van der Waals surface area (Å²) in [5, 5.41) is 13.6. The molecule has 0 bridgehead atoms. The van der Waals surface area contributed by atoms with Crippen LogP contribution in [0, 0.1) is 10.1 Å². The highest BCUT2D eigenvalue weighted by Crippen LogP contribution is 2.27. The first-order valence-corrected chi connectivity index (χ1v) is 6.86. The van der Waals surface area contributed by atoms with Gasteiger partial charge in [0.1, 0.15) is 5.75 Å². The first-order valence-electron chi connectivity index (χ1n) is 6.86. The Bertz CT molecular complexity index is 717. The molecule has 7 heteroatoms. The molecule has 2 rings (SSSR count). The van der Waals surface area contributed by atoms with Gasteiger partial charge in [-0.3, -0.25) is 14.9 Å². The molecule has 0 saturated heterocycles. The van der Waals surface area contributed by atoms with E-state index in [-0.39, 0.29) is 11.4 Å². The third kappa shape index (κ3) is 4.19. The fraction of sp³-hybridized carbons (Fsp3) is 0.188. The molecule has 2 aromatic carbocycles. The normalized spacial score (nSPS) is 11.4. The van der Waals surface area contributed by atoms with Crippen molar-refractivity contribution in [3.63, 3.8) is 0 Å². The minimum Gasteiger partial charge on any atom is -0.497 e. The van der Waals surface area contributed by atoms with Crippen LogP contribution in [0.1, 0.15) is 6.92 Å². The highest BCUT2D eigenvalue weighted by atomic mass is 16.6. The smallest absolute Gasteiger partial charge is 0.310 e. The van der Waals surface area contributed by atoms with Crippen LogP contribution in [0.3, 0.4) is 0 Å². The molecule has 0 spiro atoms. The van der Waals surface area contributed by atoms with Crippen molar-refractivity contribution in [2.75, 3.05) is 12.4 Å². The van der Waals surface area contributed by atoms with E-state index in [1.807, 2.05) is 0 Å². The van der Waals surface area contributed by atoms with Crippen molar-refractivity contribution in [2.45, 2.75) is 13.0 Å². The van der Waals surface area contributed by atoms with Crippen LogP contribution in [0.15, 0.2) is 48.5 Å². The molecule has 120 valence electrons. The molecule has 0 heterocycles. The number of benzene rings is 2. The Kier molecular flexibility index (Phi) is 5.14. The monoisotopic (exact) mass is 316 g/mol. The van der Waals surface area contributed by atoms with Crippen LogP contribution in [-0.4, -0.2) is 24.0 Å². The van der Waals surface area contributed by atoms with Crippen LogP contribution >= 0.6 is 0 Å². The highest BCUT2D eigenvalue weighted by molar-refractivity contribution is 5.94. The Morgan fingerprint density at radius 3 is 2.65 bits per heavy atom. The number of amides is 1. The molecule has 23 heavy (non-hydrogen) atoms. The topological polar surface area (TPSA) is 90.7 Å². The molecule has 1 atom stereocenters. The summed E-state index contributed by atoms with van der Waals surface area (Å²) in [6.07, 6.45) is -0.901. The van der Waals surface area contributed by atoms with Gasteiger partial charge in [0, 0.05) is 17.8 Å². The minimum absolute atomic E-state index is 0.0470. The number of rotatable bonds is 6. The van der Waals surface area contributed by atoms with Gasteiger partial charge in [-0.1, -0.05) is 18.2 Å². The molecule has 0 saturated carbocycles. The van der Waals surface area contributed by atoms with Crippen LogP contribution in [0.2, 0.25) is 0 Å². The first-order chi connectivity index (χ1) is 11.0. The quantitative estimate of drug-likeness (QED) is 0.653. The Labute approximate surface area is 133 Å². The molecule has 2 aromatic rings. The Morgan fingerprint density at radius 1 is 1.22 bits per heavy atom. The zero-order chi connectivity index (χ0) is 16.8. The predicted molar refractivity (Wildman–Crippen MR) is 84.8 cm³/mol. The van der Waals surface area contributed by atoms with Gasteiger partial charge < -0.3 is 14.8 Å². The fourth-order valence-electron chi connectivity index (χ4n) is 1.90. The number of nitro benzene ring substituents is 1. The maximum atomic E-state index is 12.2. The standard InChI is InChI=1S/C16H16N2O5/c1-11(23-15-9-4-3-8-14(15)18(20)21)16(19)17-12-6-5-7-13(10-12)22-2/h3-11H,1-2H3,(H,17,19). The number of hydrogen-bond donors (Lipinski definition) is 1.